The Morgan fingerprint density at radius 2 is 1.71 bits per heavy atom. The molecule has 7 nitrogen and oxygen atoms in total. The summed E-state index contributed by atoms with van der Waals surface area (Å²) in [6.07, 6.45) is 1.56. The Kier molecular flexibility index (Phi) is 7.34. The van der Waals surface area contributed by atoms with E-state index in [1.165, 1.54) is 4.90 Å². The van der Waals surface area contributed by atoms with E-state index < -0.39 is 0 Å². The Balaban J connectivity index is 1.55. The quantitative estimate of drug-likeness (QED) is 0.412. The van der Waals surface area contributed by atoms with Crippen LogP contribution in [0.25, 0.3) is 0 Å². The summed E-state index contributed by atoms with van der Waals surface area (Å²) < 4.78 is 16.3. The number of hydrogen-bond donors (Lipinski definition) is 0. The van der Waals surface area contributed by atoms with Crippen molar-refractivity contribution in [2.24, 2.45) is 0 Å². The van der Waals surface area contributed by atoms with Crippen molar-refractivity contribution in [2.75, 3.05) is 13.3 Å². The average molecular weight is 503 g/mol. The number of rotatable bonds is 8. The van der Waals surface area contributed by atoms with E-state index in [0.29, 0.717) is 39.4 Å². The molecule has 0 N–H and O–H groups in total. The molecule has 1 aliphatic heterocycles. The van der Waals surface area contributed by atoms with Gasteiger partial charge in [-0.05, 0) is 61.9 Å². The molecule has 2 heterocycles. The largest absolute Gasteiger partial charge is 0.467 e. The first-order chi connectivity index (χ1) is 16.3. The molecule has 0 radical (unpaired) electrons. The first kappa shape index (κ1) is 24.0. The van der Waals surface area contributed by atoms with E-state index in [-0.39, 0.29) is 37.7 Å². The topological polar surface area (TPSA) is 72.2 Å². The third-order valence-corrected chi connectivity index (χ3v) is 5.83. The maximum absolute atomic E-state index is 13.5. The molecule has 9 heteroatoms. The number of halogens is 2. The molecule has 34 heavy (non-hydrogen) atoms. The van der Waals surface area contributed by atoms with Gasteiger partial charge in [0.15, 0.2) is 11.5 Å². The summed E-state index contributed by atoms with van der Waals surface area (Å²) >= 11 is 12.2. The second-order valence-corrected chi connectivity index (χ2v) is 9.07. The zero-order valence-corrected chi connectivity index (χ0v) is 20.3. The van der Waals surface area contributed by atoms with Gasteiger partial charge in [-0.3, -0.25) is 9.59 Å². The molecule has 1 aliphatic rings. The van der Waals surface area contributed by atoms with Gasteiger partial charge in [0.25, 0.3) is 5.91 Å². The molecule has 0 atom stereocenters. The first-order valence-corrected chi connectivity index (χ1v) is 11.5. The summed E-state index contributed by atoms with van der Waals surface area (Å²) in [7, 11) is 0. The van der Waals surface area contributed by atoms with Crippen LogP contribution in [0.3, 0.4) is 0 Å². The average Bonchev–Trinajstić information content (AvgIpc) is 3.47. The molecule has 1 aromatic heterocycles. The van der Waals surface area contributed by atoms with Crippen LogP contribution in [0.5, 0.6) is 11.5 Å². The number of carbonyl (C=O) groups excluding carboxylic acids is 2. The fourth-order valence-corrected chi connectivity index (χ4v) is 4.19. The third kappa shape index (κ3) is 5.66. The number of ether oxygens (including phenoxy) is 2. The number of furan rings is 1. The van der Waals surface area contributed by atoms with Gasteiger partial charge in [-0.2, -0.15) is 0 Å². The smallest absolute Gasteiger partial charge is 0.254 e. The standard InChI is InChI=1S/C25H24Cl2N2O5/c1-16(2)29(25(31)18-9-19(26)11-20(27)10-18)14-24(30)28(13-21-4-3-7-32-21)12-17-5-6-22-23(8-17)34-15-33-22/h3-11,16H,12-15H2,1-2H3. The summed E-state index contributed by atoms with van der Waals surface area (Å²) in [5.41, 5.74) is 1.19. The summed E-state index contributed by atoms with van der Waals surface area (Å²) in [4.78, 5) is 29.9. The molecule has 2 amide bonds. The molecule has 0 spiro atoms. The third-order valence-electron chi connectivity index (χ3n) is 5.39. The number of nitrogens with zero attached hydrogens (tertiary/aromatic N) is 2. The van der Waals surface area contributed by atoms with Gasteiger partial charge in [0.2, 0.25) is 12.7 Å². The molecule has 0 fully saturated rings. The van der Waals surface area contributed by atoms with Crippen LogP contribution in [0.1, 0.15) is 35.5 Å². The van der Waals surface area contributed by atoms with Crippen molar-refractivity contribution in [3.05, 3.63) is 81.7 Å². The van der Waals surface area contributed by atoms with Crippen LogP contribution in [0, 0.1) is 0 Å². The van der Waals surface area contributed by atoms with E-state index in [0.717, 1.165) is 5.56 Å². The molecular formula is C25H24Cl2N2O5. The van der Waals surface area contributed by atoms with Crippen LogP contribution in [-0.4, -0.2) is 41.0 Å². The zero-order valence-electron chi connectivity index (χ0n) is 18.8. The van der Waals surface area contributed by atoms with Gasteiger partial charge in [-0.1, -0.05) is 29.3 Å². The van der Waals surface area contributed by atoms with Crippen LogP contribution >= 0.6 is 23.2 Å². The normalized spacial score (nSPS) is 12.1. The molecule has 0 saturated carbocycles. The van der Waals surface area contributed by atoms with Gasteiger partial charge in [-0.15, -0.1) is 0 Å². The Morgan fingerprint density at radius 1 is 0.971 bits per heavy atom. The van der Waals surface area contributed by atoms with E-state index in [1.54, 1.807) is 41.5 Å². The predicted molar refractivity (Wildman–Crippen MR) is 128 cm³/mol. The van der Waals surface area contributed by atoms with Crippen molar-refractivity contribution in [3.63, 3.8) is 0 Å². The van der Waals surface area contributed by atoms with Crippen molar-refractivity contribution in [1.29, 1.82) is 0 Å². The van der Waals surface area contributed by atoms with E-state index in [9.17, 15) is 9.59 Å². The second kappa shape index (κ2) is 10.4. The lowest BCUT2D eigenvalue weighted by Crippen LogP contribution is -2.45. The van der Waals surface area contributed by atoms with E-state index in [4.69, 9.17) is 37.1 Å². The molecule has 0 saturated heterocycles. The maximum atomic E-state index is 13.5. The predicted octanol–water partition coefficient (Wildman–Crippen LogP) is 5.39. The number of benzene rings is 2. The van der Waals surface area contributed by atoms with E-state index >= 15 is 0 Å². The summed E-state index contributed by atoms with van der Waals surface area (Å²) in [6, 6.07) is 13.5. The van der Waals surface area contributed by atoms with Gasteiger partial charge in [-0.25, -0.2) is 0 Å². The van der Waals surface area contributed by atoms with Crippen molar-refractivity contribution in [2.45, 2.75) is 33.0 Å². The summed E-state index contributed by atoms with van der Waals surface area (Å²) in [5, 5.41) is 0.710. The van der Waals surface area contributed by atoms with Gasteiger partial charge in [0.1, 0.15) is 12.3 Å². The highest BCUT2D eigenvalue weighted by Gasteiger charge is 2.26. The number of carbonyl (C=O) groups is 2. The SMILES string of the molecule is CC(C)N(CC(=O)N(Cc1ccc2c(c1)OCO2)Cc1ccco1)C(=O)c1cc(Cl)cc(Cl)c1. The van der Waals surface area contributed by atoms with Crippen LogP contribution in [0.15, 0.2) is 59.2 Å². The number of hydrogen-bond acceptors (Lipinski definition) is 5. The van der Waals surface area contributed by atoms with Crippen molar-refractivity contribution < 1.29 is 23.5 Å². The first-order valence-electron chi connectivity index (χ1n) is 10.8. The van der Waals surface area contributed by atoms with Crippen LogP contribution < -0.4 is 9.47 Å². The van der Waals surface area contributed by atoms with Gasteiger partial charge in [0, 0.05) is 28.2 Å². The van der Waals surface area contributed by atoms with E-state index in [2.05, 4.69) is 0 Å². The summed E-state index contributed by atoms with van der Waals surface area (Å²) in [5.74, 6) is 1.39. The molecule has 2 aromatic carbocycles. The highest BCUT2D eigenvalue weighted by Crippen LogP contribution is 2.33. The van der Waals surface area contributed by atoms with Crippen molar-refractivity contribution >= 4 is 35.0 Å². The van der Waals surface area contributed by atoms with Crippen molar-refractivity contribution in [1.82, 2.24) is 9.80 Å². The molecule has 0 unspecified atom stereocenters. The Bertz CT molecular complexity index is 1160. The number of amides is 2. The minimum atomic E-state index is -0.325. The van der Waals surface area contributed by atoms with Crippen LogP contribution in [-0.2, 0) is 17.9 Å². The summed E-state index contributed by atoms with van der Waals surface area (Å²) in [6.45, 7) is 4.32. The molecule has 4 rings (SSSR count). The molecule has 3 aromatic rings. The molecule has 0 aliphatic carbocycles. The molecule has 0 bridgehead atoms. The number of fused-ring (bicyclic) bond motifs is 1. The minimum Gasteiger partial charge on any atom is -0.467 e. The lowest BCUT2D eigenvalue weighted by atomic mass is 10.1. The fourth-order valence-electron chi connectivity index (χ4n) is 3.66. The van der Waals surface area contributed by atoms with Gasteiger partial charge >= 0.3 is 0 Å². The second-order valence-electron chi connectivity index (χ2n) is 8.20. The van der Waals surface area contributed by atoms with Gasteiger partial charge < -0.3 is 23.7 Å². The highest BCUT2D eigenvalue weighted by molar-refractivity contribution is 6.35. The van der Waals surface area contributed by atoms with E-state index in [1.807, 2.05) is 32.0 Å². The molecule has 178 valence electrons. The van der Waals surface area contributed by atoms with Gasteiger partial charge in [0.05, 0.1) is 12.8 Å². The Hall–Kier alpha value is -3.16. The molecular weight excluding hydrogens is 479 g/mol. The lowest BCUT2D eigenvalue weighted by molar-refractivity contribution is -0.133. The lowest BCUT2D eigenvalue weighted by Gasteiger charge is -2.30. The van der Waals surface area contributed by atoms with Crippen molar-refractivity contribution in [3.8, 4) is 11.5 Å². The van der Waals surface area contributed by atoms with Crippen LogP contribution in [0.2, 0.25) is 10.0 Å². The van der Waals surface area contributed by atoms with Crippen LogP contribution in [0.4, 0.5) is 0 Å². The monoisotopic (exact) mass is 502 g/mol. The Morgan fingerprint density at radius 3 is 2.38 bits per heavy atom. The Labute approximate surface area is 207 Å². The fraction of sp³-hybridized carbons (Fsp3) is 0.280. The zero-order chi connectivity index (χ0) is 24.2. The minimum absolute atomic E-state index is 0.119. The highest BCUT2D eigenvalue weighted by atomic mass is 35.5. The maximum Gasteiger partial charge on any atom is 0.254 e.